The quantitative estimate of drug-likeness (QED) is 0.591. The van der Waals surface area contributed by atoms with Crippen LogP contribution < -0.4 is 0 Å². The molecule has 0 unspecified atom stereocenters. The number of hydrogen-bond donors (Lipinski definition) is 0. The Hall–Kier alpha value is -1.11. The first-order valence-corrected chi connectivity index (χ1v) is 5.80. The highest BCUT2D eigenvalue weighted by Gasteiger charge is 2.01. The van der Waals surface area contributed by atoms with Crippen LogP contribution in [-0.4, -0.2) is 5.78 Å². The Labute approximate surface area is 92.6 Å². The molecule has 15 heavy (non-hydrogen) atoms. The smallest absolute Gasteiger partial charge is 0.155 e. The van der Waals surface area contributed by atoms with Crippen LogP contribution in [0, 0.1) is 0 Å². The van der Waals surface area contributed by atoms with Crippen LogP contribution in [0.4, 0.5) is 0 Å². The molecule has 1 aliphatic carbocycles. The summed E-state index contributed by atoms with van der Waals surface area (Å²) in [6.45, 7) is 1.66. The number of rotatable bonds is 1. The van der Waals surface area contributed by atoms with Crippen molar-refractivity contribution in [1.29, 1.82) is 0 Å². The maximum atomic E-state index is 11.3. The molecule has 0 atom stereocenters. The number of Topliss-reactive ketones (excluding diaryl/α,β-unsaturated/α-hetero) is 1. The summed E-state index contributed by atoms with van der Waals surface area (Å²) in [4.78, 5) is 11.3. The molecule has 0 saturated carbocycles. The fourth-order valence-corrected chi connectivity index (χ4v) is 1.68. The topological polar surface area (TPSA) is 17.1 Å². The minimum Gasteiger partial charge on any atom is -0.295 e. The van der Waals surface area contributed by atoms with Crippen LogP contribution in [0.5, 0.6) is 0 Å². The average molecular weight is 204 g/mol. The van der Waals surface area contributed by atoms with Crippen molar-refractivity contribution in [1.82, 2.24) is 0 Å². The van der Waals surface area contributed by atoms with Gasteiger partial charge in [0.25, 0.3) is 0 Å². The first-order chi connectivity index (χ1) is 7.30. The van der Waals surface area contributed by atoms with Crippen molar-refractivity contribution in [2.75, 3.05) is 0 Å². The van der Waals surface area contributed by atoms with E-state index in [-0.39, 0.29) is 5.78 Å². The highest BCUT2D eigenvalue weighted by Crippen LogP contribution is 2.11. The van der Waals surface area contributed by atoms with Crippen molar-refractivity contribution >= 4 is 5.78 Å². The van der Waals surface area contributed by atoms with Crippen LogP contribution in [-0.2, 0) is 4.79 Å². The lowest BCUT2D eigenvalue weighted by Crippen LogP contribution is -1.96. The van der Waals surface area contributed by atoms with Crippen molar-refractivity contribution in [3.05, 3.63) is 36.0 Å². The van der Waals surface area contributed by atoms with Crippen molar-refractivity contribution in [3.63, 3.8) is 0 Å². The molecule has 0 N–H and O–H groups in total. The van der Waals surface area contributed by atoms with E-state index >= 15 is 0 Å². The summed E-state index contributed by atoms with van der Waals surface area (Å²) >= 11 is 0. The Morgan fingerprint density at radius 2 is 1.47 bits per heavy atom. The Morgan fingerprint density at radius 1 is 0.933 bits per heavy atom. The number of hydrogen-bond acceptors (Lipinski definition) is 1. The molecular formula is C14H20O. The minimum absolute atomic E-state index is 0.226. The van der Waals surface area contributed by atoms with E-state index in [1.54, 1.807) is 6.92 Å². The fourth-order valence-electron chi connectivity index (χ4n) is 1.68. The van der Waals surface area contributed by atoms with E-state index in [9.17, 15) is 4.79 Å². The molecule has 0 fully saturated rings. The van der Waals surface area contributed by atoms with Crippen LogP contribution in [0.3, 0.4) is 0 Å². The predicted octanol–water partition coefficient (Wildman–Crippen LogP) is 3.97. The van der Waals surface area contributed by atoms with Gasteiger partial charge in [-0.25, -0.2) is 0 Å². The van der Waals surface area contributed by atoms with Gasteiger partial charge in [0, 0.05) is 0 Å². The Morgan fingerprint density at radius 3 is 2.07 bits per heavy atom. The summed E-state index contributed by atoms with van der Waals surface area (Å²) in [6, 6.07) is 0. The predicted molar refractivity (Wildman–Crippen MR) is 64.7 cm³/mol. The van der Waals surface area contributed by atoms with Gasteiger partial charge >= 0.3 is 0 Å². The molecule has 0 bridgehead atoms. The van der Waals surface area contributed by atoms with E-state index in [1.165, 1.54) is 0 Å². The lowest BCUT2D eigenvalue weighted by molar-refractivity contribution is -0.113. The first-order valence-electron chi connectivity index (χ1n) is 5.80. The molecule has 0 aromatic heterocycles. The Bertz CT molecular complexity index is 282. The second-order valence-corrected chi connectivity index (χ2v) is 3.92. The second-order valence-electron chi connectivity index (χ2n) is 3.92. The second kappa shape index (κ2) is 7.22. The molecule has 0 aliphatic heterocycles. The van der Waals surface area contributed by atoms with E-state index in [4.69, 9.17) is 0 Å². The van der Waals surface area contributed by atoms with Crippen molar-refractivity contribution in [2.24, 2.45) is 0 Å². The van der Waals surface area contributed by atoms with Crippen molar-refractivity contribution in [2.45, 2.75) is 45.4 Å². The Kier molecular flexibility index (Phi) is 5.76. The third kappa shape index (κ3) is 5.36. The molecule has 0 aromatic rings. The summed E-state index contributed by atoms with van der Waals surface area (Å²) in [6.07, 6.45) is 17.1. The molecule has 0 saturated heterocycles. The van der Waals surface area contributed by atoms with Crippen molar-refractivity contribution < 1.29 is 4.79 Å². The Balaban J connectivity index is 2.59. The number of carbonyl (C=O) groups is 1. The number of carbonyl (C=O) groups excluding carboxylic acids is 1. The molecule has 1 rings (SSSR count). The maximum Gasteiger partial charge on any atom is 0.155 e. The van der Waals surface area contributed by atoms with Crippen LogP contribution in [0.25, 0.3) is 0 Å². The number of allylic oxidation sites excluding steroid dienone is 6. The summed E-state index contributed by atoms with van der Waals surface area (Å²) in [5.41, 5.74) is 0.994. The van der Waals surface area contributed by atoms with Crippen LogP contribution in [0.2, 0.25) is 0 Å². The molecule has 1 aliphatic rings. The first kappa shape index (κ1) is 12.0. The standard InChI is InChI=1S/C14H20O/c1-13(15)14-11-9-7-5-3-2-4-6-8-10-12-14/h3,5-6,8,11H,2,4,7,9-10,12H2,1H3/b5-3+,8-6?,14-11-. The monoisotopic (exact) mass is 204 g/mol. The molecule has 0 heterocycles. The third-order valence-electron chi connectivity index (χ3n) is 2.59. The van der Waals surface area contributed by atoms with Gasteiger partial charge in [-0.2, -0.15) is 0 Å². The van der Waals surface area contributed by atoms with Gasteiger partial charge in [-0.05, 0) is 51.0 Å². The summed E-state index contributed by atoms with van der Waals surface area (Å²) in [7, 11) is 0. The van der Waals surface area contributed by atoms with Gasteiger partial charge in [-0.1, -0.05) is 30.4 Å². The van der Waals surface area contributed by atoms with Gasteiger partial charge in [-0.15, -0.1) is 0 Å². The zero-order valence-electron chi connectivity index (χ0n) is 9.54. The summed E-state index contributed by atoms with van der Waals surface area (Å²) < 4.78 is 0. The zero-order chi connectivity index (χ0) is 10.9. The van der Waals surface area contributed by atoms with Gasteiger partial charge in [0.2, 0.25) is 0 Å². The molecule has 0 radical (unpaired) electrons. The van der Waals surface area contributed by atoms with Gasteiger partial charge in [0.15, 0.2) is 5.78 Å². The average Bonchev–Trinajstić information content (AvgIpc) is 2.18. The van der Waals surface area contributed by atoms with E-state index in [1.807, 2.05) is 0 Å². The van der Waals surface area contributed by atoms with Gasteiger partial charge in [0.1, 0.15) is 0 Å². The molecule has 0 spiro atoms. The van der Waals surface area contributed by atoms with Crippen LogP contribution in [0.15, 0.2) is 36.0 Å². The third-order valence-corrected chi connectivity index (χ3v) is 2.59. The highest BCUT2D eigenvalue weighted by molar-refractivity contribution is 5.93. The largest absolute Gasteiger partial charge is 0.295 e. The minimum atomic E-state index is 0.226. The van der Waals surface area contributed by atoms with E-state index < -0.39 is 0 Å². The van der Waals surface area contributed by atoms with Crippen molar-refractivity contribution in [3.8, 4) is 0 Å². The van der Waals surface area contributed by atoms with Crippen LogP contribution in [0.1, 0.15) is 45.4 Å². The summed E-state index contributed by atoms with van der Waals surface area (Å²) in [5.74, 6) is 0.226. The molecular weight excluding hydrogens is 184 g/mol. The zero-order valence-corrected chi connectivity index (χ0v) is 9.54. The lowest BCUT2D eigenvalue weighted by Gasteiger charge is -2.01. The normalized spacial score (nSPS) is 24.5. The molecule has 0 aromatic carbocycles. The molecule has 0 amide bonds. The molecule has 1 nitrogen and oxygen atoms in total. The van der Waals surface area contributed by atoms with E-state index in [0.717, 1.165) is 44.1 Å². The lowest BCUT2D eigenvalue weighted by atomic mass is 10.0. The highest BCUT2D eigenvalue weighted by atomic mass is 16.1. The van der Waals surface area contributed by atoms with E-state index in [0.29, 0.717) is 0 Å². The number of ketones is 1. The molecule has 1 heteroatoms. The van der Waals surface area contributed by atoms with Gasteiger partial charge < -0.3 is 0 Å². The van der Waals surface area contributed by atoms with Crippen LogP contribution >= 0.6 is 0 Å². The van der Waals surface area contributed by atoms with Gasteiger partial charge in [0.05, 0.1) is 0 Å². The fraction of sp³-hybridized carbons (Fsp3) is 0.500. The maximum absolute atomic E-state index is 11.3. The summed E-state index contributed by atoms with van der Waals surface area (Å²) in [5, 5.41) is 0. The van der Waals surface area contributed by atoms with Gasteiger partial charge in [-0.3, -0.25) is 4.79 Å². The molecule has 82 valence electrons. The SMILES string of the molecule is CC(=O)/C1=C\CC/C=C/CCC=CCC1. The van der Waals surface area contributed by atoms with E-state index in [2.05, 4.69) is 30.4 Å².